The number of fused-ring (bicyclic) bond motifs is 5. The Balaban J connectivity index is 1.49. The second-order valence-corrected chi connectivity index (χ2v) is 11.0. The molecule has 4 rings (SSSR count). The molecule has 0 bridgehead atoms. The molecule has 0 aliphatic heterocycles. The zero-order valence-corrected chi connectivity index (χ0v) is 17.9. The zero-order chi connectivity index (χ0) is 20.2. The minimum Gasteiger partial charge on any atom is -0.171 e. The first-order valence-electron chi connectivity index (χ1n) is 11.7. The average Bonchev–Trinajstić information content (AvgIpc) is 2.96. The number of halogens is 3. The fourth-order valence-corrected chi connectivity index (χ4v) is 8.51. The van der Waals surface area contributed by atoms with E-state index in [9.17, 15) is 13.2 Å². The Kier molecular flexibility index (Phi) is 5.33. The van der Waals surface area contributed by atoms with Crippen molar-refractivity contribution in [3.63, 3.8) is 0 Å². The monoisotopic (exact) mass is 394 g/mol. The van der Waals surface area contributed by atoms with Gasteiger partial charge in [-0.15, -0.1) is 11.8 Å². The van der Waals surface area contributed by atoms with Gasteiger partial charge in [0.05, 0.1) is 0 Å². The molecule has 0 nitrogen and oxygen atoms in total. The molecule has 0 saturated heterocycles. The van der Waals surface area contributed by atoms with Gasteiger partial charge < -0.3 is 0 Å². The summed E-state index contributed by atoms with van der Waals surface area (Å²) in [6.07, 6.45) is 6.81. The lowest BCUT2D eigenvalue weighted by molar-refractivity contribution is -0.144. The number of rotatable bonds is 2. The van der Waals surface area contributed by atoms with Gasteiger partial charge in [0.1, 0.15) is 0 Å². The van der Waals surface area contributed by atoms with E-state index in [1.807, 2.05) is 6.92 Å². The number of hydrogen-bond acceptors (Lipinski definition) is 0. The van der Waals surface area contributed by atoms with Crippen LogP contribution in [0.15, 0.2) is 0 Å². The number of alkyl halides is 3. The molecule has 0 amide bonds. The highest BCUT2D eigenvalue weighted by Gasteiger charge is 2.60. The smallest absolute Gasteiger partial charge is 0.171 e. The lowest BCUT2D eigenvalue weighted by Gasteiger charge is -2.61. The van der Waals surface area contributed by atoms with Gasteiger partial charge in [-0.3, -0.25) is 0 Å². The van der Waals surface area contributed by atoms with Crippen LogP contribution < -0.4 is 0 Å². The molecule has 4 aliphatic carbocycles. The summed E-state index contributed by atoms with van der Waals surface area (Å²) in [6.45, 7) is 6.87. The standard InChI is InChI=1S/C25H37F3/c1-4-5-17-10-13-24(3)19(16-17)6-8-20-21-9-7-18(11-15-25(26,27)28)23(21,2)14-12-22(20)24/h17-22H,6-16H2,1-3H3/t17-,18?,19?,20?,21?,22?,23?,24?/m0/s1. The van der Waals surface area contributed by atoms with Gasteiger partial charge in [0.2, 0.25) is 0 Å². The first-order valence-corrected chi connectivity index (χ1v) is 11.7. The average molecular weight is 395 g/mol. The van der Waals surface area contributed by atoms with E-state index in [0.29, 0.717) is 23.7 Å². The Bertz CT molecular complexity index is 640. The molecule has 0 heterocycles. The zero-order valence-electron chi connectivity index (χ0n) is 17.9. The van der Waals surface area contributed by atoms with Crippen LogP contribution in [0.5, 0.6) is 0 Å². The first kappa shape index (κ1) is 20.6. The lowest BCUT2D eigenvalue weighted by Crippen LogP contribution is -2.53. The van der Waals surface area contributed by atoms with E-state index in [4.69, 9.17) is 0 Å². The maximum Gasteiger partial charge on any atom is 0.389 e. The predicted molar refractivity (Wildman–Crippen MR) is 107 cm³/mol. The molecule has 0 N–H and O–H groups in total. The van der Waals surface area contributed by atoms with Gasteiger partial charge in [0.15, 0.2) is 0 Å². The van der Waals surface area contributed by atoms with E-state index in [1.54, 1.807) is 0 Å². The molecule has 7 unspecified atom stereocenters. The van der Waals surface area contributed by atoms with Crippen molar-refractivity contribution in [3.8, 4) is 11.8 Å². The Labute approximate surface area is 169 Å². The summed E-state index contributed by atoms with van der Waals surface area (Å²) in [5.74, 6) is 10.5. The van der Waals surface area contributed by atoms with Crippen molar-refractivity contribution in [1.29, 1.82) is 0 Å². The summed E-state index contributed by atoms with van der Waals surface area (Å²) in [5.41, 5.74) is 0.598. The summed E-state index contributed by atoms with van der Waals surface area (Å²) in [4.78, 5) is 0. The van der Waals surface area contributed by atoms with E-state index >= 15 is 0 Å². The largest absolute Gasteiger partial charge is 0.389 e. The number of hydrogen-bond donors (Lipinski definition) is 0. The van der Waals surface area contributed by atoms with Gasteiger partial charge in [-0.05, 0) is 112 Å². The Hall–Kier alpha value is -0.650. The maximum absolute atomic E-state index is 12.8. The first-order chi connectivity index (χ1) is 13.2. The van der Waals surface area contributed by atoms with Gasteiger partial charge in [0, 0.05) is 12.3 Å². The highest BCUT2D eigenvalue weighted by molar-refractivity contribution is 5.12. The molecule has 158 valence electrons. The van der Waals surface area contributed by atoms with Crippen LogP contribution >= 0.6 is 0 Å². The molecule has 4 saturated carbocycles. The summed E-state index contributed by atoms with van der Waals surface area (Å²) in [5, 5.41) is 0. The van der Waals surface area contributed by atoms with E-state index in [-0.39, 0.29) is 11.3 Å². The highest BCUT2D eigenvalue weighted by atomic mass is 19.4. The van der Waals surface area contributed by atoms with Crippen LogP contribution in [0.4, 0.5) is 13.2 Å². The molecule has 3 heteroatoms. The minimum absolute atomic E-state index is 0.153. The SMILES string of the molecule is CC#C[C@H]1CCC2(C)C(CCC3C4CCC(CCC(F)(F)F)C4(C)CCC32)C1. The van der Waals surface area contributed by atoms with Crippen LogP contribution in [0.1, 0.15) is 91.4 Å². The quantitative estimate of drug-likeness (QED) is 0.422. The van der Waals surface area contributed by atoms with Crippen LogP contribution in [-0.4, -0.2) is 6.18 Å². The Morgan fingerprint density at radius 1 is 0.893 bits per heavy atom. The van der Waals surface area contributed by atoms with Gasteiger partial charge in [-0.2, -0.15) is 13.2 Å². The Morgan fingerprint density at radius 3 is 2.32 bits per heavy atom. The van der Waals surface area contributed by atoms with Crippen molar-refractivity contribution < 1.29 is 13.2 Å². The molecule has 0 radical (unpaired) electrons. The molecule has 0 spiro atoms. The highest BCUT2D eigenvalue weighted by Crippen LogP contribution is 2.68. The third-order valence-electron chi connectivity index (χ3n) is 9.99. The normalized spacial score (nSPS) is 48.1. The maximum atomic E-state index is 12.8. The van der Waals surface area contributed by atoms with Crippen LogP contribution in [-0.2, 0) is 0 Å². The lowest BCUT2D eigenvalue weighted by atomic mass is 9.44. The van der Waals surface area contributed by atoms with Gasteiger partial charge in [0.25, 0.3) is 0 Å². The molecule has 28 heavy (non-hydrogen) atoms. The predicted octanol–water partition coefficient (Wildman–Crippen LogP) is 7.63. The Morgan fingerprint density at radius 2 is 1.61 bits per heavy atom. The van der Waals surface area contributed by atoms with E-state index < -0.39 is 12.6 Å². The van der Waals surface area contributed by atoms with E-state index in [1.165, 1.54) is 44.9 Å². The molecule has 4 fully saturated rings. The molecule has 4 aliphatic rings. The van der Waals surface area contributed by atoms with Gasteiger partial charge >= 0.3 is 6.18 Å². The molecular weight excluding hydrogens is 357 g/mol. The summed E-state index contributed by atoms with van der Waals surface area (Å²) in [6, 6.07) is 0. The fourth-order valence-electron chi connectivity index (χ4n) is 8.51. The third-order valence-corrected chi connectivity index (χ3v) is 9.99. The van der Waals surface area contributed by atoms with E-state index in [2.05, 4.69) is 25.7 Å². The molecule has 0 aromatic heterocycles. The molecular formula is C25H37F3. The van der Waals surface area contributed by atoms with Crippen molar-refractivity contribution in [2.75, 3.05) is 0 Å². The molecule has 8 atom stereocenters. The molecule has 0 aromatic rings. The van der Waals surface area contributed by atoms with Gasteiger partial charge in [-0.25, -0.2) is 0 Å². The van der Waals surface area contributed by atoms with Crippen LogP contribution in [0, 0.1) is 58.2 Å². The summed E-state index contributed by atoms with van der Waals surface area (Å²) in [7, 11) is 0. The topological polar surface area (TPSA) is 0 Å². The second kappa shape index (κ2) is 7.24. The van der Waals surface area contributed by atoms with Crippen molar-refractivity contribution >= 4 is 0 Å². The van der Waals surface area contributed by atoms with Crippen molar-refractivity contribution in [2.45, 2.75) is 97.6 Å². The van der Waals surface area contributed by atoms with E-state index in [0.717, 1.165) is 30.6 Å². The summed E-state index contributed by atoms with van der Waals surface area (Å²) >= 11 is 0. The third kappa shape index (κ3) is 3.41. The van der Waals surface area contributed by atoms with Crippen LogP contribution in [0.3, 0.4) is 0 Å². The second-order valence-electron chi connectivity index (χ2n) is 11.0. The van der Waals surface area contributed by atoms with Crippen LogP contribution in [0.2, 0.25) is 0 Å². The van der Waals surface area contributed by atoms with Crippen molar-refractivity contribution in [3.05, 3.63) is 0 Å². The van der Waals surface area contributed by atoms with Crippen molar-refractivity contribution in [1.82, 2.24) is 0 Å². The van der Waals surface area contributed by atoms with Gasteiger partial charge in [-0.1, -0.05) is 13.8 Å². The summed E-state index contributed by atoms with van der Waals surface area (Å²) < 4.78 is 38.5. The van der Waals surface area contributed by atoms with Crippen molar-refractivity contribution in [2.24, 2.45) is 46.3 Å². The minimum atomic E-state index is -4.00. The fraction of sp³-hybridized carbons (Fsp3) is 0.920. The van der Waals surface area contributed by atoms with Crippen LogP contribution in [0.25, 0.3) is 0 Å². The molecule has 0 aromatic carbocycles.